The van der Waals surface area contributed by atoms with Crippen molar-refractivity contribution >= 4 is 5.91 Å². The van der Waals surface area contributed by atoms with Crippen molar-refractivity contribution in [3.05, 3.63) is 5.82 Å². The van der Waals surface area contributed by atoms with Gasteiger partial charge in [-0.15, -0.1) is 5.10 Å². The minimum absolute atomic E-state index is 0.0242. The molecule has 0 bridgehead atoms. The molecule has 0 unspecified atom stereocenters. The van der Waals surface area contributed by atoms with Crippen LogP contribution in [0.5, 0.6) is 0 Å². The van der Waals surface area contributed by atoms with Crippen LogP contribution in [0.15, 0.2) is 0 Å². The molecule has 6 heteroatoms. The van der Waals surface area contributed by atoms with Gasteiger partial charge in [-0.05, 0) is 10.4 Å². The maximum Gasteiger partial charge on any atom is 0.225 e. The Bertz CT molecular complexity index is 274. The van der Waals surface area contributed by atoms with Crippen molar-refractivity contribution in [3.8, 4) is 0 Å². The molecule has 0 atom stereocenters. The zero-order valence-electron chi connectivity index (χ0n) is 7.96. The molecule has 13 heavy (non-hydrogen) atoms. The Balaban J connectivity index is 2.40. The summed E-state index contributed by atoms with van der Waals surface area (Å²) in [6.45, 7) is 5.88. The number of nitrogens with one attached hydrogen (secondary N) is 2. The normalized spacial score (nSPS) is 11.3. The summed E-state index contributed by atoms with van der Waals surface area (Å²) in [5.74, 6) is 0.529. The highest BCUT2D eigenvalue weighted by molar-refractivity contribution is 5.81. The second-order valence-electron chi connectivity index (χ2n) is 3.78. The topological polar surface area (TPSA) is 83.6 Å². The molecule has 1 aromatic rings. The molecule has 0 fully saturated rings. The number of tetrazole rings is 1. The lowest BCUT2D eigenvalue weighted by Crippen LogP contribution is -2.34. The quantitative estimate of drug-likeness (QED) is 0.668. The van der Waals surface area contributed by atoms with Gasteiger partial charge in [0.05, 0.1) is 6.54 Å². The van der Waals surface area contributed by atoms with Crippen LogP contribution in [0.1, 0.15) is 26.6 Å². The number of carbonyl (C=O) groups excluding carboxylic acids is 1. The highest BCUT2D eigenvalue weighted by atomic mass is 16.2. The minimum Gasteiger partial charge on any atom is -0.348 e. The molecule has 0 aliphatic carbocycles. The Morgan fingerprint density at radius 1 is 1.54 bits per heavy atom. The maximum atomic E-state index is 11.4. The first kappa shape index (κ1) is 9.63. The average molecular weight is 183 g/mol. The Kier molecular flexibility index (Phi) is 2.60. The number of hydrogen-bond acceptors (Lipinski definition) is 4. The number of carbonyl (C=O) groups is 1. The first-order valence-electron chi connectivity index (χ1n) is 4.01. The number of hydrogen-bond donors (Lipinski definition) is 2. The van der Waals surface area contributed by atoms with Crippen LogP contribution in [0, 0.1) is 5.41 Å². The Morgan fingerprint density at radius 3 is 2.69 bits per heavy atom. The van der Waals surface area contributed by atoms with Gasteiger partial charge in [-0.2, -0.15) is 0 Å². The number of aromatic nitrogens is 4. The third-order valence-corrected chi connectivity index (χ3v) is 1.49. The van der Waals surface area contributed by atoms with E-state index >= 15 is 0 Å². The largest absolute Gasteiger partial charge is 0.348 e. The fourth-order valence-electron chi connectivity index (χ4n) is 0.683. The van der Waals surface area contributed by atoms with Crippen molar-refractivity contribution in [1.82, 2.24) is 25.9 Å². The Morgan fingerprint density at radius 2 is 2.23 bits per heavy atom. The van der Waals surface area contributed by atoms with Gasteiger partial charge >= 0.3 is 0 Å². The van der Waals surface area contributed by atoms with Gasteiger partial charge in [0.15, 0.2) is 5.82 Å². The number of aromatic amines is 1. The van der Waals surface area contributed by atoms with Crippen molar-refractivity contribution in [1.29, 1.82) is 0 Å². The number of amides is 1. The lowest BCUT2D eigenvalue weighted by atomic mass is 9.96. The van der Waals surface area contributed by atoms with Gasteiger partial charge in [-0.25, -0.2) is 5.10 Å². The van der Waals surface area contributed by atoms with Gasteiger partial charge in [0.2, 0.25) is 5.91 Å². The average Bonchev–Trinajstić information content (AvgIpc) is 2.50. The van der Waals surface area contributed by atoms with Gasteiger partial charge in [-0.1, -0.05) is 20.8 Å². The van der Waals surface area contributed by atoms with Crippen molar-refractivity contribution in [2.45, 2.75) is 27.3 Å². The standard InChI is InChI=1S/C7H13N5O/c1-7(2,3)6(13)8-4-5-9-11-12-10-5/h4H2,1-3H3,(H,8,13)(H,9,10,11,12). The summed E-state index contributed by atoms with van der Waals surface area (Å²) in [5.41, 5.74) is -0.381. The van der Waals surface area contributed by atoms with E-state index in [0.717, 1.165) is 0 Å². The molecule has 72 valence electrons. The van der Waals surface area contributed by atoms with Crippen molar-refractivity contribution in [2.75, 3.05) is 0 Å². The predicted molar refractivity (Wildman–Crippen MR) is 45.5 cm³/mol. The second kappa shape index (κ2) is 3.51. The van der Waals surface area contributed by atoms with Crippen molar-refractivity contribution in [3.63, 3.8) is 0 Å². The van der Waals surface area contributed by atoms with Crippen molar-refractivity contribution in [2.24, 2.45) is 5.41 Å². The van der Waals surface area contributed by atoms with Crippen LogP contribution in [-0.4, -0.2) is 26.5 Å². The summed E-state index contributed by atoms with van der Waals surface area (Å²) >= 11 is 0. The van der Waals surface area contributed by atoms with Crippen LogP contribution in [0.25, 0.3) is 0 Å². The molecule has 0 saturated carbocycles. The molecule has 0 aromatic carbocycles. The third kappa shape index (κ3) is 2.81. The summed E-state index contributed by atoms with van der Waals surface area (Å²) in [6, 6.07) is 0. The lowest BCUT2D eigenvalue weighted by Gasteiger charge is -2.16. The second-order valence-corrected chi connectivity index (χ2v) is 3.78. The maximum absolute atomic E-state index is 11.4. The van der Waals surface area contributed by atoms with Crippen LogP contribution in [0.3, 0.4) is 0 Å². The summed E-state index contributed by atoms with van der Waals surface area (Å²) in [5, 5.41) is 15.7. The third-order valence-electron chi connectivity index (χ3n) is 1.49. The SMILES string of the molecule is CC(C)(C)C(=O)NCc1nnn[nH]1. The highest BCUT2D eigenvalue weighted by Crippen LogP contribution is 2.12. The summed E-state index contributed by atoms with van der Waals surface area (Å²) in [4.78, 5) is 11.4. The van der Waals surface area contributed by atoms with E-state index in [9.17, 15) is 4.79 Å². The molecule has 0 aliphatic heterocycles. The molecule has 1 amide bonds. The highest BCUT2D eigenvalue weighted by Gasteiger charge is 2.20. The fourth-order valence-corrected chi connectivity index (χ4v) is 0.683. The fraction of sp³-hybridized carbons (Fsp3) is 0.714. The Labute approximate surface area is 76.1 Å². The predicted octanol–water partition coefficient (Wildman–Crippen LogP) is -0.138. The van der Waals surface area contributed by atoms with E-state index in [1.807, 2.05) is 20.8 Å². The number of rotatable bonds is 2. The molecule has 0 radical (unpaired) electrons. The van der Waals surface area contributed by atoms with Gasteiger partial charge in [-0.3, -0.25) is 4.79 Å². The summed E-state index contributed by atoms with van der Waals surface area (Å²) < 4.78 is 0. The Hall–Kier alpha value is -1.46. The van der Waals surface area contributed by atoms with Gasteiger partial charge in [0, 0.05) is 5.41 Å². The lowest BCUT2D eigenvalue weighted by molar-refractivity contribution is -0.128. The van der Waals surface area contributed by atoms with Crippen LogP contribution in [0.4, 0.5) is 0 Å². The molecule has 0 saturated heterocycles. The number of nitrogens with zero attached hydrogens (tertiary/aromatic N) is 3. The van der Waals surface area contributed by atoms with Crippen LogP contribution >= 0.6 is 0 Å². The first-order valence-corrected chi connectivity index (χ1v) is 4.01. The van der Waals surface area contributed by atoms with Gasteiger partial charge in [0.25, 0.3) is 0 Å². The zero-order chi connectivity index (χ0) is 9.90. The molecule has 1 aromatic heterocycles. The number of H-pyrrole nitrogens is 1. The molecular formula is C7H13N5O. The first-order chi connectivity index (χ1) is 6.00. The molecule has 2 N–H and O–H groups in total. The van der Waals surface area contributed by atoms with Crippen LogP contribution < -0.4 is 5.32 Å². The van der Waals surface area contributed by atoms with Crippen LogP contribution in [-0.2, 0) is 11.3 Å². The smallest absolute Gasteiger partial charge is 0.225 e. The van der Waals surface area contributed by atoms with E-state index in [0.29, 0.717) is 12.4 Å². The molecule has 1 rings (SSSR count). The minimum atomic E-state index is -0.381. The van der Waals surface area contributed by atoms with Crippen LogP contribution in [0.2, 0.25) is 0 Å². The van der Waals surface area contributed by atoms with Gasteiger partial charge < -0.3 is 5.32 Å². The molecule has 0 aliphatic rings. The molecular weight excluding hydrogens is 170 g/mol. The summed E-state index contributed by atoms with van der Waals surface area (Å²) in [6.07, 6.45) is 0. The zero-order valence-corrected chi connectivity index (χ0v) is 7.96. The van der Waals surface area contributed by atoms with E-state index in [1.165, 1.54) is 0 Å². The van der Waals surface area contributed by atoms with E-state index in [4.69, 9.17) is 0 Å². The summed E-state index contributed by atoms with van der Waals surface area (Å²) in [7, 11) is 0. The van der Waals surface area contributed by atoms with Gasteiger partial charge in [0.1, 0.15) is 0 Å². The van der Waals surface area contributed by atoms with E-state index in [-0.39, 0.29) is 11.3 Å². The van der Waals surface area contributed by atoms with E-state index in [1.54, 1.807) is 0 Å². The molecule has 0 spiro atoms. The molecule has 6 nitrogen and oxygen atoms in total. The van der Waals surface area contributed by atoms with E-state index < -0.39 is 0 Å². The van der Waals surface area contributed by atoms with Crippen molar-refractivity contribution < 1.29 is 4.79 Å². The van der Waals surface area contributed by atoms with E-state index in [2.05, 4.69) is 25.9 Å². The monoisotopic (exact) mass is 183 g/mol. The molecule has 1 heterocycles.